The van der Waals surface area contributed by atoms with Gasteiger partial charge in [-0.25, -0.2) is 0 Å². The van der Waals surface area contributed by atoms with Crippen LogP contribution in [0.4, 0.5) is 0 Å². The summed E-state index contributed by atoms with van der Waals surface area (Å²) in [7, 11) is 0. The maximum Gasteiger partial charge on any atom is 0.0595 e. The van der Waals surface area contributed by atoms with Crippen LogP contribution in [0.3, 0.4) is 0 Å². The first-order valence-corrected chi connectivity index (χ1v) is 6.05. The average molecular weight is 277 g/mol. The van der Waals surface area contributed by atoms with Crippen molar-refractivity contribution in [2.24, 2.45) is 0 Å². The lowest BCUT2D eigenvalue weighted by atomic mass is 10.0. The van der Waals surface area contributed by atoms with Gasteiger partial charge in [-0.05, 0) is 40.5 Å². The second kappa shape index (κ2) is 5.74. The molecular weight excluding hydrogens is 261 g/mol. The van der Waals surface area contributed by atoms with Gasteiger partial charge in [0.25, 0.3) is 0 Å². The quantitative estimate of drug-likeness (QED) is 0.870. The van der Waals surface area contributed by atoms with Crippen LogP contribution in [0.1, 0.15) is 31.9 Å². The predicted molar refractivity (Wildman–Crippen MR) is 65.9 cm³/mol. The molecule has 1 atom stereocenters. The van der Waals surface area contributed by atoms with Gasteiger partial charge in [0.05, 0.1) is 5.02 Å². The Morgan fingerprint density at radius 3 is 2.71 bits per heavy atom. The molecule has 1 aromatic rings. The van der Waals surface area contributed by atoms with Crippen LogP contribution in [0.5, 0.6) is 0 Å². The van der Waals surface area contributed by atoms with Crippen LogP contribution in [0.25, 0.3) is 0 Å². The second-order valence-electron chi connectivity index (χ2n) is 3.16. The van der Waals surface area contributed by atoms with E-state index in [4.69, 9.17) is 11.6 Å². The number of halogens is 2. The van der Waals surface area contributed by atoms with Crippen molar-refractivity contribution in [2.45, 2.75) is 26.3 Å². The van der Waals surface area contributed by atoms with E-state index in [1.54, 1.807) is 0 Å². The minimum atomic E-state index is 0.352. The lowest BCUT2D eigenvalue weighted by molar-refractivity contribution is 0.537. The molecule has 0 aliphatic heterocycles. The zero-order chi connectivity index (χ0) is 10.6. The van der Waals surface area contributed by atoms with E-state index in [2.05, 4.69) is 41.2 Å². The molecule has 78 valence electrons. The lowest BCUT2D eigenvalue weighted by Gasteiger charge is -2.18. The van der Waals surface area contributed by atoms with Gasteiger partial charge in [-0.15, -0.1) is 0 Å². The molecule has 0 fully saturated rings. The maximum absolute atomic E-state index is 6.22. The van der Waals surface area contributed by atoms with E-state index < -0.39 is 0 Å². The average Bonchev–Trinajstić information content (AvgIpc) is 2.19. The van der Waals surface area contributed by atoms with Crippen molar-refractivity contribution in [2.75, 3.05) is 6.54 Å². The Morgan fingerprint density at radius 1 is 1.43 bits per heavy atom. The molecule has 0 spiro atoms. The zero-order valence-electron chi connectivity index (χ0n) is 8.48. The summed E-state index contributed by atoms with van der Waals surface area (Å²) < 4.78 is 0.966. The van der Waals surface area contributed by atoms with Crippen molar-refractivity contribution >= 4 is 27.5 Å². The van der Waals surface area contributed by atoms with Gasteiger partial charge in [-0.3, -0.25) is 0 Å². The summed E-state index contributed by atoms with van der Waals surface area (Å²) >= 11 is 9.65. The Hall–Kier alpha value is -0.0500. The van der Waals surface area contributed by atoms with Crippen LogP contribution in [0.2, 0.25) is 5.02 Å². The summed E-state index contributed by atoms with van der Waals surface area (Å²) in [6, 6.07) is 6.41. The maximum atomic E-state index is 6.22. The molecule has 1 nitrogen and oxygen atoms in total. The minimum Gasteiger partial charge on any atom is -0.310 e. The minimum absolute atomic E-state index is 0.352. The second-order valence-corrected chi connectivity index (χ2v) is 4.39. The third-order valence-electron chi connectivity index (χ3n) is 2.22. The van der Waals surface area contributed by atoms with Crippen molar-refractivity contribution in [3.8, 4) is 0 Å². The predicted octanol–water partition coefficient (Wildman–Crippen LogP) is 4.16. The highest BCUT2D eigenvalue weighted by atomic mass is 79.9. The summed E-state index contributed by atoms with van der Waals surface area (Å²) in [5.74, 6) is 0. The number of nitrogens with one attached hydrogen (secondary N) is 1. The SMILES string of the molecule is CCNC(CC)c1cccc(Br)c1Cl. The van der Waals surface area contributed by atoms with E-state index >= 15 is 0 Å². The highest BCUT2D eigenvalue weighted by Crippen LogP contribution is 2.31. The highest BCUT2D eigenvalue weighted by molar-refractivity contribution is 9.10. The van der Waals surface area contributed by atoms with E-state index in [0.29, 0.717) is 6.04 Å². The molecule has 1 rings (SSSR count). The number of rotatable bonds is 4. The van der Waals surface area contributed by atoms with Gasteiger partial charge in [0, 0.05) is 10.5 Å². The third-order valence-corrected chi connectivity index (χ3v) is 3.53. The molecule has 0 amide bonds. The Morgan fingerprint density at radius 2 is 2.14 bits per heavy atom. The van der Waals surface area contributed by atoms with Crippen molar-refractivity contribution < 1.29 is 0 Å². The first-order valence-electron chi connectivity index (χ1n) is 4.88. The van der Waals surface area contributed by atoms with Gasteiger partial charge in [-0.1, -0.05) is 37.6 Å². The Bertz CT molecular complexity index is 301. The molecular formula is C11H15BrClN. The molecule has 0 heterocycles. The lowest BCUT2D eigenvalue weighted by Crippen LogP contribution is -2.20. The fourth-order valence-corrected chi connectivity index (χ4v) is 2.15. The summed E-state index contributed by atoms with van der Waals surface area (Å²) in [6.45, 7) is 5.22. The summed E-state index contributed by atoms with van der Waals surface area (Å²) in [5.41, 5.74) is 1.17. The monoisotopic (exact) mass is 275 g/mol. The van der Waals surface area contributed by atoms with E-state index in [0.717, 1.165) is 22.5 Å². The fraction of sp³-hybridized carbons (Fsp3) is 0.455. The van der Waals surface area contributed by atoms with Crippen LogP contribution >= 0.6 is 27.5 Å². The molecule has 0 radical (unpaired) electrons. The highest BCUT2D eigenvalue weighted by Gasteiger charge is 2.12. The van der Waals surface area contributed by atoms with Gasteiger partial charge in [0.1, 0.15) is 0 Å². The molecule has 1 aromatic carbocycles. The van der Waals surface area contributed by atoms with Gasteiger partial charge in [-0.2, -0.15) is 0 Å². The van der Waals surface area contributed by atoms with Crippen LogP contribution in [-0.4, -0.2) is 6.54 Å². The molecule has 0 saturated carbocycles. The van der Waals surface area contributed by atoms with Crippen LogP contribution in [0.15, 0.2) is 22.7 Å². The summed E-state index contributed by atoms with van der Waals surface area (Å²) in [5, 5.41) is 4.23. The fourth-order valence-electron chi connectivity index (χ4n) is 1.51. The molecule has 1 unspecified atom stereocenters. The molecule has 0 saturated heterocycles. The number of hydrogen-bond donors (Lipinski definition) is 1. The largest absolute Gasteiger partial charge is 0.310 e. The Kier molecular flexibility index (Phi) is 4.93. The van der Waals surface area contributed by atoms with Crippen LogP contribution in [0, 0.1) is 0 Å². The molecule has 1 N–H and O–H groups in total. The Labute approximate surface area is 99.0 Å². The number of hydrogen-bond acceptors (Lipinski definition) is 1. The first kappa shape index (κ1) is 12.0. The standard InChI is InChI=1S/C11H15BrClN/c1-3-10(14-4-2)8-6-5-7-9(12)11(8)13/h5-7,10,14H,3-4H2,1-2H3. The molecule has 0 aliphatic carbocycles. The summed E-state index contributed by atoms with van der Waals surface area (Å²) in [4.78, 5) is 0. The summed E-state index contributed by atoms with van der Waals surface area (Å²) in [6.07, 6.45) is 1.05. The topological polar surface area (TPSA) is 12.0 Å². The normalized spacial score (nSPS) is 12.9. The molecule has 14 heavy (non-hydrogen) atoms. The molecule has 0 bridgehead atoms. The Balaban J connectivity index is 2.97. The van der Waals surface area contributed by atoms with Crippen molar-refractivity contribution in [1.29, 1.82) is 0 Å². The molecule has 0 aromatic heterocycles. The van der Waals surface area contributed by atoms with Crippen molar-refractivity contribution in [3.63, 3.8) is 0 Å². The smallest absolute Gasteiger partial charge is 0.0595 e. The van der Waals surface area contributed by atoms with Gasteiger partial charge < -0.3 is 5.32 Å². The van der Waals surface area contributed by atoms with E-state index in [-0.39, 0.29) is 0 Å². The van der Waals surface area contributed by atoms with Crippen LogP contribution in [-0.2, 0) is 0 Å². The van der Waals surface area contributed by atoms with E-state index in [1.807, 2.05) is 12.1 Å². The van der Waals surface area contributed by atoms with Gasteiger partial charge in [0.15, 0.2) is 0 Å². The van der Waals surface area contributed by atoms with E-state index in [9.17, 15) is 0 Å². The third kappa shape index (κ3) is 2.72. The number of benzene rings is 1. The molecule has 3 heteroatoms. The van der Waals surface area contributed by atoms with Gasteiger partial charge >= 0.3 is 0 Å². The van der Waals surface area contributed by atoms with Crippen molar-refractivity contribution in [1.82, 2.24) is 5.32 Å². The first-order chi connectivity index (χ1) is 6.70. The zero-order valence-corrected chi connectivity index (χ0v) is 10.8. The van der Waals surface area contributed by atoms with Gasteiger partial charge in [0.2, 0.25) is 0 Å². The van der Waals surface area contributed by atoms with E-state index in [1.165, 1.54) is 5.56 Å². The molecule has 0 aliphatic rings. The van der Waals surface area contributed by atoms with Crippen molar-refractivity contribution in [3.05, 3.63) is 33.3 Å². The van der Waals surface area contributed by atoms with Crippen LogP contribution < -0.4 is 5.32 Å².